The lowest BCUT2D eigenvalue weighted by atomic mass is 10.1. The van der Waals surface area contributed by atoms with Crippen molar-refractivity contribution in [3.8, 4) is 0 Å². The molecule has 1 saturated carbocycles. The van der Waals surface area contributed by atoms with E-state index in [2.05, 4.69) is 20.5 Å². The molecular weight excluding hydrogens is 441 g/mol. The van der Waals surface area contributed by atoms with Crippen molar-refractivity contribution in [3.63, 3.8) is 0 Å². The summed E-state index contributed by atoms with van der Waals surface area (Å²) in [6.07, 6.45) is 6.59. The van der Waals surface area contributed by atoms with E-state index in [0.717, 1.165) is 84.9 Å². The van der Waals surface area contributed by atoms with Crippen LogP contribution in [0.1, 0.15) is 37.8 Å². The molecule has 5 rings (SSSR count). The zero-order chi connectivity index (χ0) is 22.6. The van der Waals surface area contributed by atoms with Crippen LogP contribution in [0.15, 0.2) is 23.2 Å². The third kappa shape index (κ3) is 5.42. The molecule has 3 aliphatic rings. The number of carbonyl (C=O) groups excluding carboxylic acids is 1. The van der Waals surface area contributed by atoms with Gasteiger partial charge in [-0.15, -0.1) is 11.8 Å². The van der Waals surface area contributed by atoms with Gasteiger partial charge in [-0.3, -0.25) is 15.2 Å². The Kier molecular flexibility index (Phi) is 7.30. The molecule has 0 bridgehead atoms. The number of carbonyl (C=O) groups is 1. The van der Waals surface area contributed by atoms with Crippen molar-refractivity contribution in [1.82, 2.24) is 15.2 Å². The molecule has 0 spiro atoms. The molecule has 3 N–H and O–H groups in total. The van der Waals surface area contributed by atoms with Crippen molar-refractivity contribution >= 4 is 39.7 Å². The number of hydrogen-bond donors (Lipinski definition) is 3. The SMILES string of the molecule is O=CCNC(CC1CSC(c2cc3cc(F)cc(NC4CCCC4)c3[nH]2)=N1)N1CCOCC1. The minimum atomic E-state index is -0.220. The van der Waals surface area contributed by atoms with Gasteiger partial charge in [-0.1, -0.05) is 12.8 Å². The van der Waals surface area contributed by atoms with E-state index in [1.807, 2.05) is 6.07 Å². The zero-order valence-corrected chi connectivity index (χ0v) is 19.6. The first-order valence-corrected chi connectivity index (χ1v) is 13.0. The Labute approximate surface area is 197 Å². The highest BCUT2D eigenvalue weighted by atomic mass is 32.2. The number of ether oxygens (including phenoxy) is 1. The predicted octanol–water partition coefficient (Wildman–Crippen LogP) is 3.36. The minimum Gasteiger partial charge on any atom is -0.381 e. The minimum absolute atomic E-state index is 0.104. The lowest BCUT2D eigenvalue weighted by molar-refractivity contribution is -0.107. The fourth-order valence-corrected chi connectivity index (χ4v) is 6.15. The quantitative estimate of drug-likeness (QED) is 0.485. The second-order valence-electron chi connectivity index (χ2n) is 9.10. The highest BCUT2D eigenvalue weighted by Crippen LogP contribution is 2.32. The van der Waals surface area contributed by atoms with Crippen molar-refractivity contribution in [2.45, 2.75) is 50.4 Å². The van der Waals surface area contributed by atoms with E-state index < -0.39 is 0 Å². The Morgan fingerprint density at radius 1 is 1.27 bits per heavy atom. The predicted molar refractivity (Wildman–Crippen MR) is 132 cm³/mol. The maximum atomic E-state index is 14.3. The van der Waals surface area contributed by atoms with Crippen LogP contribution in [-0.4, -0.2) is 78.1 Å². The van der Waals surface area contributed by atoms with Crippen LogP contribution < -0.4 is 10.6 Å². The molecule has 2 atom stereocenters. The molecule has 2 fully saturated rings. The molecule has 1 saturated heterocycles. The summed E-state index contributed by atoms with van der Waals surface area (Å²) in [6.45, 7) is 3.49. The van der Waals surface area contributed by atoms with Gasteiger partial charge >= 0.3 is 0 Å². The van der Waals surface area contributed by atoms with Crippen LogP contribution in [0.5, 0.6) is 0 Å². The Balaban J connectivity index is 1.32. The smallest absolute Gasteiger partial charge is 0.133 e. The molecule has 0 amide bonds. The number of benzene rings is 1. The third-order valence-corrected chi connectivity index (χ3v) is 7.92. The summed E-state index contributed by atoms with van der Waals surface area (Å²) in [6, 6.07) is 5.77. The fourth-order valence-electron chi connectivity index (χ4n) is 5.10. The second-order valence-corrected chi connectivity index (χ2v) is 10.1. The standard InChI is InChI=1S/C24H32FN5O2S/c25-17-11-16-12-21(29-23(16)20(13-17)27-18-3-1-2-4-18)24-28-19(15-33-24)14-22(26-5-8-31)30-6-9-32-10-7-30/h8,11-13,18-19,22,26-27,29H,1-7,9-10,14-15H2. The fraction of sp³-hybridized carbons (Fsp3) is 0.583. The van der Waals surface area contributed by atoms with Crippen molar-refractivity contribution < 1.29 is 13.9 Å². The van der Waals surface area contributed by atoms with Crippen LogP contribution in [-0.2, 0) is 9.53 Å². The Morgan fingerprint density at radius 2 is 2.09 bits per heavy atom. The number of H-pyrrole nitrogens is 1. The van der Waals surface area contributed by atoms with Crippen molar-refractivity contribution in [3.05, 3.63) is 29.7 Å². The molecule has 3 heterocycles. The summed E-state index contributed by atoms with van der Waals surface area (Å²) in [5.74, 6) is 0.678. The summed E-state index contributed by atoms with van der Waals surface area (Å²) < 4.78 is 19.8. The Morgan fingerprint density at radius 3 is 2.88 bits per heavy atom. The molecule has 2 aliphatic heterocycles. The second kappa shape index (κ2) is 10.5. The summed E-state index contributed by atoms with van der Waals surface area (Å²) in [5, 5.41) is 8.75. The maximum absolute atomic E-state index is 14.3. The van der Waals surface area contributed by atoms with Crippen LogP contribution in [0.4, 0.5) is 10.1 Å². The van der Waals surface area contributed by atoms with Gasteiger partial charge in [0.1, 0.15) is 17.1 Å². The molecule has 1 aromatic heterocycles. The molecule has 33 heavy (non-hydrogen) atoms. The average molecular weight is 474 g/mol. The van der Waals surface area contributed by atoms with Gasteiger partial charge in [-0.2, -0.15) is 0 Å². The number of nitrogens with zero attached hydrogens (tertiary/aromatic N) is 2. The van der Waals surface area contributed by atoms with Gasteiger partial charge in [0.05, 0.1) is 48.9 Å². The van der Waals surface area contributed by atoms with Gasteiger partial charge in [-0.05, 0) is 37.5 Å². The van der Waals surface area contributed by atoms with Gasteiger partial charge in [0.25, 0.3) is 0 Å². The number of aromatic nitrogens is 1. The van der Waals surface area contributed by atoms with Crippen LogP contribution in [0, 0.1) is 5.82 Å². The summed E-state index contributed by atoms with van der Waals surface area (Å²) in [5.41, 5.74) is 2.74. The van der Waals surface area contributed by atoms with E-state index in [0.29, 0.717) is 12.6 Å². The number of rotatable bonds is 9. The number of nitrogens with one attached hydrogen (secondary N) is 3. The van der Waals surface area contributed by atoms with E-state index in [9.17, 15) is 9.18 Å². The summed E-state index contributed by atoms with van der Waals surface area (Å²) in [4.78, 5) is 21.8. The molecule has 1 aromatic carbocycles. The first kappa shape index (κ1) is 22.8. The van der Waals surface area contributed by atoms with Gasteiger partial charge in [0.15, 0.2) is 0 Å². The van der Waals surface area contributed by atoms with Crippen LogP contribution in [0.25, 0.3) is 10.9 Å². The summed E-state index contributed by atoms with van der Waals surface area (Å²) in [7, 11) is 0. The number of aromatic amines is 1. The third-order valence-electron chi connectivity index (χ3n) is 6.77. The molecule has 9 heteroatoms. The molecule has 1 aliphatic carbocycles. The number of aliphatic imine (C=N–C) groups is 1. The van der Waals surface area contributed by atoms with Crippen molar-refractivity contribution in [2.24, 2.45) is 4.99 Å². The zero-order valence-electron chi connectivity index (χ0n) is 18.8. The number of thioether (sulfide) groups is 1. The highest BCUT2D eigenvalue weighted by molar-refractivity contribution is 8.14. The largest absolute Gasteiger partial charge is 0.381 e. The van der Waals surface area contributed by atoms with E-state index in [-0.39, 0.29) is 18.0 Å². The summed E-state index contributed by atoms with van der Waals surface area (Å²) >= 11 is 1.74. The average Bonchev–Trinajstić information content (AvgIpc) is 3.58. The number of fused-ring (bicyclic) bond motifs is 1. The van der Waals surface area contributed by atoms with Gasteiger partial charge in [0, 0.05) is 30.3 Å². The lowest BCUT2D eigenvalue weighted by Gasteiger charge is -2.35. The van der Waals surface area contributed by atoms with Crippen molar-refractivity contribution in [2.75, 3.05) is 43.9 Å². The lowest BCUT2D eigenvalue weighted by Crippen LogP contribution is -2.52. The normalized spacial score (nSPS) is 23.2. The first-order chi connectivity index (χ1) is 16.2. The number of anilines is 1. The maximum Gasteiger partial charge on any atom is 0.133 e. The van der Waals surface area contributed by atoms with E-state index >= 15 is 0 Å². The highest BCUT2D eigenvalue weighted by Gasteiger charge is 2.28. The first-order valence-electron chi connectivity index (χ1n) is 12.0. The van der Waals surface area contributed by atoms with E-state index in [4.69, 9.17) is 9.73 Å². The van der Waals surface area contributed by atoms with Gasteiger partial charge < -0.3 is 19.8 Å². The molecule has 2 aromatic rings. The van der Waals surface area contributed by atoms with Crippen LogP contribution >= 0.6 is 11.8 Å². The molecule has 7 nitrogen and oxygen atoms in total. The molecule has 0 radical (unpaired) electrons. The van der Waals surface area contributed by atoms with Crippen LogP contribution in [0.2, 0.25) is 0 Å². The van der Waals surface area contributed by atoms with E-state index in [1.54, 1.807) is 23.9 Å². The molecular formula is C24H32FN5O2S. The number of hydrogen-bond acceptors (Lipinski definition) is 7. The number of halogens is 1. The van der Waals surface area contributed by atoms with E-state index in [1.165, 1.54) is 12.8 Å². The van der Waals surface area contributed by atoms with Gasteiger partial charge in [0.2, 0.25) is 0 Å². The molecule has 2 unspecified atom stereocenters. The topological polar surface area (TPSA) is 81.8 Å². The number of aldehydes is 1. The number of morpholine rings is 1. The Bertz CT molecular complexity index is 1000. The van der Waals surface area contributed by atoms with Crippen molar-refractivity contribution in [1.29, 1.82) is 0 Å². The van der Waals surface area contributed by atoms with Gasteiger partial charge in [-0.25, -0.2) is 4.39 Å². The molecule has 178 valence electrons. The van der Waals surface area contributed by atoms with Crippen LogP contribution in [0.3, 0.4) is 0 Å². The Hall–Kier alpha value is -1.94. The monoisotopic (exact) mass is 473 g/mol.